The number of nitrogens with two attached hydrogens (primary N) is 2. The van der Waals surface area contributed by atoms with Crippen molar-refractivity contribution in [2.24, 2.45) is 0 Å². The standard InChI is InChI=1S/C11H10Cl2N4O/c12-6-3-1-2-5(9(6)13)8-7(4-18)16-11(15)17-10(8)14/h1-3,18H,4H2,(H4,14,15,16,17). The molecule has 0 amide bonds. The Morgan fingerprint density at radius 2 is 1.89 bits per heavy atom. The van der Waals surface area contributed by atoms with Crippen LogP contribution in [0.15, 0.2) is 18.2 Å². The van der Waals surface area contributed by atoms with Gasteiger partial charge in [0.15, 0.2) is 0 Å². The van der Waals surface area contributed by atoms with Crippen LogP contribution in [-0.2, 0) is 6.61 Å². The van der Waals surface area contributed by atoms with Gasteiger partial charge in [-0.1, -0.05) is 35.3 Å². The van der Waals surface area contributed by atoms with Gasteiger partial charge in [0.25, 0.3) is 0 Å². The molecule has 0 aliphatic rings. The molecule has 2 aromatic rings. The quantitative estimate of drug-likeness (QED) is 0.785. The molecule has 0 saturated heterocycles. The van der Waals surface area contributed by atoms with Crippen LogP contribution in [0.5, 0.6) is 0 Å². The van der Waals surface area contributed by atoms with Crippen molar-refractivity contribution in [1.29, 1.82) is 0 Å². The first-order valence-electron chi connectivity index (χ1n) is 5.01. The fraction of sp³-hybridized carbons (Fsp3) is 0.0909. The van der Waals surface area contributed by atoms with Gasteiger partial charge < -0.3 is 16.6 Å². The molecular formula is C11H10Cl2N4O. The maximum absolute atomic E-state index is 9.31. The maximum atomic E-state index is 9.31. The highest BCUT2D eigenvalue weighted by Crippen LogP contribution is 2.37. The third-order valence-electron chi connectivity index (χ3n) is 2.40. The van der Waals surface area contributed by atoms with E-state index in [0.29, 0.717) is 26.9 Å². The summed E-state index contributed by atoms with van der Waals surface area (Å²) in [5.74, 6) is 0.147. The topological polar surface area (TPSA) is 98.0 Å². The van der Waals surface area contributed by atoms with Gasteiger partial charge in [-0.25, -0.2) is 4.98 Å². The molecule has 0 radical (unpaired) electrons. The molecule has 0 spiro atoms. The molecule has 94 valence electrons. The van der Waals surface area contributed by atoms with E-state index >= 15 is 0 Å². The van der Waals surface area contributed by atoms with E-state index in [1.54, 1.807) is 18.2 Å². The van der Waals surface area contributed by atoms with E-state index in [4.69, 9.17) is 34.7 Å². The molecule has 5 nitrogen and oxygen atoms in total. The molecule has 0 unspecified atom stereocenters. The number of hydrogen-bond acceptors (Lipinski definition) is 5. The number of aliphatic hydroxyl groups is 1. The SMILES string of the molecule is Nc1nc(N)c(-c2cccc(Cl)c2Cl)c(CO)n1. The highest BCUT2D eigenvalue weighted by Gasteiger charge is 2.16. The lowest BCUT2D eigenvalue weighted by Gasteiger charge is -2.12. The minimum absolute atomic E-state index is 0.00143. The summed E-state index contributed by atoms with van der Waals surface area (Å²) < 4.78 is 0. The normalized spacial score (nSPS) is 10.6. The molecule has 0 bridgehead atoms. The predicted octanol–water partition coefficient (Wildman–Crippen LogP) is 2.11. The first-order valence-corrected chi connectivity index (χ1v) is 5.77. The zero-order valence-corrected chi connectivity index (χ0v) is 10.7. The van der Waals surface area contributed by atoms with Gasteiger partial charge in [0.2, 0.25) is 5.95 Å². The number of aliphatic hydroxyl groups excluding tert-OH is 1. The lowest BCUT2D eigenvalue weighted by atomic mass is 10.0. The van der Waals surface area contributed by atoms with Crippen LogP contribution in [-0.4, -0.2) is 15.1 Å². The van der Waals surface area contributed by atoms with Crippen molar-refractivity contribution < 1.29 is 5.11 Å². The van der Waals surface area contributed by atoms with Gasteiger partial charge in [-0.15, -0.1) is 0 Å². The first kappa shape index (κ1) is 12.9. The predicted molar refractivity (Wildman–Crippen MR) is 72.2 cm³/mol. The van der Waals surface area contributed by atoms with Crippen molar-refractivity contribution in [1.82, 2.24) is 9.97 Å². The lowest BCUT2D eigenvalue weighted by Crippen LogP contribution is -2.07. The first-order chi connectivity index (χ1) is 8.54. The fourth-order valence-corrected chi connectivity index (χ4v) is 2.05. The second-order valence-electron chi connectivity index (χ2n) is 3.55. The molecule has 0 aliphatic carbocycles. The Morgan fingerprint density at radius 1 is 1.17 bits per heavy atom. The number of hydrogen-bond donors (Lipinski definition) is 3. The van der Waals surface area contributed by atoms with Gasteiger partial charge >= 0.3 is 0 Å². The summed E-state index contributed by atoms with van der Waals surface area (Å²) in [5, 5.41) is 10.0. The lowest BCUT2D eigenvalue weighted by molar-refractivity contribution is 0.277. The van der Waals surface area contributed by atoms with Crippen LogP contribution in [0.3, 0.4) is 0 Å². The molecule has 0 aliphatic heterocycles. The second kappa shape index (κ2) is 4.97. The number of aromatic nitrogens is 2. The molecule has 5 N–H and O–H groups in total. The molecular weight excluding hydrogens is 275 g/mol. The molecule has 0 saturated carbocycles. The van der Waals surface area contributed by atoms with Crippen molar-refractivity contribution in [3.8, 4) is 11.1 Å². The van der Waals surface area contributed by atoms with E-state index in [2.05, 4.69) is 9.97 Å². The summed E-state index contributed by atoms with van der Waals surface area (Å²) in [6.45, 7) is -0.324. The highest BCUT2D eigenvalue weighted by molar-refractivity contribution is 6.43. The minimum atomic E-state index is -0.324. The number of nitrogens with zero attached hydrogens (tertiary/aromatic N) is 2. The van der Waals surface area contributed by atoms with E-state index in [0.717, 1.165) is 0 Å². The average Bonchev–Trinajstić information content (AvgIpc) is 2.32. The van der Waals surface area contributed by atoms with Gasteiger partial charge in [0.05, 0.1) is 22.3 Å². The van der Waals surface area contributed by atoms with Crippen LogP contribution < -0.4 is 11.5 Å². The van der Waals surface area contributed by atoms with Gasteiger partial charge in [0, 0.05) is 11.1 Å². The molecule has 1 aromatic carbocycles. The smallest absolute Gasteiger partial charge is 0.222 e. The van der Waals surface area contributed by atoms with Crippen molar-refractivity contribution in [2.75, 3.05) is 11.5 Å². The second-order valence-corrected chi connectivity index (χ2v) is 4.33. The summed E-state index contributed by atoms with van der Waals surface area (Å²) in [6, 6.07) is 5.10. The summed E-state index contributed by atoms with van der Waals surface area (Å²) in [4.78, 5) is 7.80. The number of halogens is 2. The molecule has 0 fully saturated rings. The van der Waals surface area contributed by atoms with E-state index in [1.165, 1.54) is 0 Å². The van der Waals surface area contributed by atoms with Crippen molar-refractivity contribution in [3.05, 3.63) is 33.9 Å². The van der Waals surface area contributed by atoms with E-state index in [-0.39, 0.29) is 18.4 Å². The summed E-state index contributed by atoms with van der Waals surface area (Å²) in [7, 11) is 0. The zero-order valence-electron chi connectivity index (χ0n) is 9.19. The number of rotatable bonds is 2. The number of anilines is 2. The molecule has 18 heavy (non-hydrogen) atoms. The Balaban J connectivity index is 2.74. The monoisotopic (exact) mass is 284 g/mol. The summed E-state index contributed by atoms with van der Waals surface area (Å²) >= 11 is 12.1. The number of nitrogen functional groups attached to an aromatic ring is 2. The Labute approximate surface area is 113 Å². The highest BCUT2D eigenvalue weighted by atomic mass is 35.5. The van der Waals surface area contributed by atoms with Crippen LogP contribution in [0.4, 0.5) is 11.8 Å². The van der Waals surface area contributed by atoms with E-state index in [9.17, 15) is 5.11 Å². The van der Waals surface area contributed by atoms with Crippen molar-refractivity contribution >= 4 is 35.0 Å². The van der Waals surface area contributed by atoms with Crippen LogP contribution in [0.2, 0.25) is 10.0 Å². The largest absolute Gasteiger partial charge is 0.390 e. The van der Waals surface area contributed by atoms with Gasteiger partial charge in [-0.2, -0.15) is 4.98 Å². The third-order valence-corrected chi connectivity index (χ3v) is 3.22. The Bertz CT molecular complexity index is 604. The molecule has 1 aromatic heterocycles. The summed E-state index contributed by atoms with van der Waals surface area (Å²) in [5.41, 5.74) is 12.6. The molecule has 0 atom stereocenters. The van der Waals surface area contributed by atoms with Crippen LogP contribution in [0.1, 0.15) is 5.69 Å². The van der Waals surface area contributed by atoms with Gasteiger partial charge in [-0.3, -0.25) is 0 Å². The average molecular weight is 285 g/mol. The zero-order chi connectivity index (χ0) is 13.3. The molecule has 2 rings (SSSR count). The van der Waals surface area contributed by atoms with Crippen LogP contribution in [0, 0.1) is 0 Å². The van der Waals surface area contributed by atoms with Gasteiger partial charge in [-0.05, 0) is 6.07 Å². The van der Waals surface area contributed by atoms with E-state index in [1.807, 2.05) is 0 Å². The number of benzene rings is 1. The van der Waals surface area contributed by atoms with Crippen LogP contribution >= 0.6 is 23.2 Å². The fourth-order valence-electron chi connectivity index (χ4n) is 1.65. The minimum Gasteiger partial charge on any atom is -0.390 e. The van der Waals surface area contributed by atoms with Crippen LogP contribution in [0.25, 0.3) is 11.1 Å². The maximum Gasteiger partial charge on any atom is 0.222 e. The Kier molecular flexibility index (Phi) is 3.56. The molecule has 7 heteroatoms. The van der Waals surface area contributed by atoms with Crippen molar-refractivity contribution in [2.45, 2.75) is 6.61 Å². The van der Waals surface area contributed by atoms with Gasteiger partial charge in [0.1, 0.15) is 5.82 Å². The third kappa shape index (κ3) is 2.20. The van der Waals surface area contributed by atoms with Crippen molar-refractivity contribution in [3.63, 3.8) is 0 Å². The molecule has 1 heterocycles. The Hall–Kier alpha value is -1.56. The Morgan fingerprint density at radius 3 is 2.56 bits per heavy atom. The van der Waals surface area contributed by atoms with E-state index < -0.39 is 0 Å². The summed E-state index contributed by atoms with van der Waals surface area (Å²) in [6.07, 6.45) is 0.